The van der Waals surface area contributed by atoms with Crippen LogP contribution in [-0.2, 0) is 14.3 Å². The molecule has 0 aromatic rings. The lowest BCUT2D eigenvalue weighted by Crippen LogP contribution is -2.79. The molecule has 4 N–H and O–H groups in total. The number of aliphatic hydroxyl groups is 4. The molecule has 3 fully saturated rings. The summed E-state index contributed by atoms with van der Waals surface area (Å²) >= 11 is 6.64. The monoisotopic (exact) mass is 414 g/mol. The quantitative estimate of drug-likeness (QED) is 0.290. The van der Waals surface area contributed by atoms with Crippen molar-refractivity contribution in [3.8, 4) is 0 Å². The maximum absolute atomic E-state index is 12.0. The SMILES string of the molecule is CC(CO)[C@]1(O)[C@H](Cl)[C@@H]2O[C@@]23[C@@]2(C)CCC4=C(COC4=O)[C@@H]2CC[C@@]3(O)[C@@H]1O. The number of cyclic esters (lactones) is 1. The highest BCUT2D eigenvalue weighted by Gasteiger charge is 2.88. The molecule has 0 amide bonds. The molecule has 3 aliphatic carbocycles. The Morgan fingerprint density at radius 2 is 2.04 bits per heavy atom. The zero-order chi connectivity index (χ0) is 20.3. The van der Waals surface area contributed by atoms with Crippen molar-refractivity contribution in [3.63, 3.8) is 0 Å². The molecule has 0 radical (unpaired) electrons. The largest absolute Gasteiger partial charge is 0.458 e. The van der Waals surface area contributed by atoms with E-state index in [2.05, 4.69) is 0 Å². The summed E-state index contributed by atoms with van der Waals surface area (Å²) in [6, 6.07) is 0. The lowest BCUT2D eigenvalue weighted by molar-refractivity contribution is -0.262. The number of fused-ring (bicyclic) bond motifs is 2. The molecule has 1 saturated heterocycles. The maximum atomic E-state index is 12.0. The number of halogens is 1. The van der Waals surface area contributed by atoms with Gasteiger partial charge in [0, 0.05) is 23.5 Å². The predicted molar refractivity (Wildman–Crippen MR) is 97.5 cm³/mol. The Hall–Kier alpha value is -0.700. The van der Waals surface area contributed by atoms with Gasteiger partial charge < -0.3 is 29.9 Å². The van der Waals surface area contributed by atoms with Gasteiger partial charge in [0.15, 0.2) is 0 Å². The zero-order valence-corrected chi connectivity index (χ0v) is 16.8. The van der Waals surface area contributed by atoms with Gasteiger partial charge in [0.25, 0.3) is 0 Å². The van der Waals surface area contributed by atoms with E-state index in [1.807, 2.05) is 6.92 Å². The average Bonchev–Trinajstić information content (AvgIpc) is 3.35. The molecule has 2 heterocycles. The summed E-state index contributed by atoms with van der Waals surface area (Å²) in [4.78, 5) is 12.0. The van der Waals surface area contributed by atoms with Crippen molar-refractivity contribution in [2.24, 2.45) is 17.3 Å². The van der Waals surface area contributed by atoms with Crippen LogP contribution in [0.5, 0.6) is 0 Å². The fourth-order valence-corrected chi connectivity index (χ4v) is 7.55. The molecule has 156 valence electrons. The van der Waals surface area contributed by atoms with Crippen molar-refractivity contribution in [2.45, 2.75) is 73.9 Å². The van der Waals surface area contributed by atoms with Gasteiger partial charge in [-0.2, -0.15) is 0 Å². The molecular formula is C20H27ClO7. The minimum absolute atomic E-state index is 0.00880. The van der Waals surface area contributed by atoms with Crippen molar-refractivity contribution in [3.05, 3.63) is 11.1 Å². The summed E-state index contributed by atoms with van der Waals surface area (Å²) in [6.45, 7) is 3.53. The van der Waals surface area contributed by atoms with E-state index in [1.54, 1.807) is 6.92 Å². The topological polar surface area (TPSA) is 120 Å². The van der Waals surface area contributed by atoms with Gasteiger partial charge in [-0.15, -0.1) is 11.6 Å². The highest BCUT2D eigenvalue weighted by Crippen LogP contribution is 2.74. The number of epoxide rings is 1. The molecule has 2 saturated carbocycles. The van der Waals surface area contributed by atoms with E-state index in [0.717, 1.165) is 11.1 Å². The minimum Gasteiger partial charge on any atom is -0.458 e. The van der Waals surface area contributed by atoms with E-state index in [4.69, 9.17) is 21.1 Å². The van der Waals surface area contributed by atoms with E-state index < -0.39 is 45.7 Å². The normalized spacial score (nSPS) is 55.6. The minimum atomic E-state index is -1.87. The summed E-state index contributed by atoms with van der Waals surface area (Å²) < 4.78 is 11.4. The van der Waals surface area contributed by atoms with Gasteiger partial charge in [-0.1, -0.05) is 13.8 Å². The number of rotatable bonds is 2. The lowest BCUT2D eigenvalue weighted by Gasteiger charge is -2.62. The van der Waals surface area contributed by atoms with Crippen LogP contribution in [0.25, 0.3) is 0 Å². The van der Waals surface area contributed by atoms with Crippen molar-refractivity contribution in [2.75, 3.05) is 13.2 Å². The number of hydrogen-bond acceptors (Lipinski definition) is 7. The van der Waals surface area contributed by atoms with Gasteiger partial charge >= 0.3 is 5.97 Å². The van der Waals surface area contributed by atoms with Crippen molar-refractivity contribution in [1.82, 2.24) is 0 Å². The molecule has 9 atom stereocenters. The van der Waals surface area contributed by atoms with Crippen LogP contribution in [0.15, 0.2) is 11.1 Å². The van der Waals surface area contributed by atoms with Gasteiger partial charge in [-0.25, -0.2) is 4.79 Å². The molecule has 1 spiro atoms. The highest BCUT2D eigenvalue weighted by atomic mass is 35.5. The van der Waals surface area contributed by atoms with E-state index in [1.165, 1.54) is 0 Å². The number of carbonyl (C=O) groups is 1. The van der Waals surface area contributed by atoms with Gasteiger partial charge in [-0.3, -0.25) is 0 Å². The van der Waals surface area contributed by atoms with Gasteiger partial charge in [0.2, 0.25) is 0 Å². The Morgan fingerprint density at radius 1 is 1.32 bits per heavy atom. The number of alkyl halides is 1. The van der Waals surface area contributed by atoms with Crippen LogP contribution in [0.1, 0.15) is 39.5 Å². The first-order valence-corrected chi connectivity index (χ1v) is 10.5. The molecule has 0 bridgehead atoms. The first-order chi connectivity index (χ1) is 13.1. The fourth-order valence-electron chi connectivity index (χ4n) is 6.99. The van der Waals surface area contributed by atoms with E-state index in [0.29, 0.717) is 19.3 Å². The number of aliphatic hydroxyl groups excluding tert-OH is 2. The Morgan fingerprint density at radius 3 is 2.71 bits per heavy atom. The molecule has 5 aliphatic rings. The molecule has 1 unspecified atom stereocenters. The van der Waals surface area contributed by atoms with Crippen LogP contribution in [0.2, 0.25) is 0 Å². The smallest absolute Gasteiger partial charge is 0.334 e. The van der Waals surface area contributed by atoms with Gasteiger partial charge in [0.1, 0.15) is 35.6 Å². The third-order valence-electron chi connectivity index (χ3n) is 8.70. The summed E-state index contributed by atoms with van der Waals surface area (Å²) in [6.07, 6.45) is -0.301. The number of hydrogen-bond donors (Lipinski definition) is 4. The average molecular weight is 415 g/mol. The molecule has 0 aromatic heterocycles. The van der Waals surface area contributed by atoms with E-state index in [9.17, 15) is 25.2 Å². The zero-order valence-electron chi connectivity index (χ0n) is 16.0. The fraction of sp³-hybridized carbons (Fsp3) is 0.850. The Labute approximate surface area is 168 Å². The predicted octanol–water partition coefficient (Wildman–Crippen LogP) is 0.260. The third-order valence-corrected chi connectivity index (χ3v) is 9.28. The molecule has 7 nitrogen and oxygen atoms in total. The molecular weight excluding hydrogens is 388 g/mol. The van der Waals surface area contributed by atoms with Crippen LogP contribution >= 0.6 is 11.6 Å². The Balaban J connectivity index is 1.61. The summed E-state index contributed by atoms with van der Waals surface area (Å²) in [5.74, 6) is -0.998. The molecule has 5 rings (SSSR count). The number of ether oxygens (including phenoxy) is 2. The number of esters is 1. The van der Waals surface area contributed by atoms with Gasteiger partial charge in [0.05, 0.1) is 5.38 Å². The van der Waals surface area contributed by atoms with Gasteiger partial charge in [-0.05, 0) is 37.2 Å². The number of carbonyl (C=O) groups excluding carboxylic acids is 1. The Bertz CT molecular complexity index is 785. The van der Waals surface area contributed by atoms with Crippen molar-refractivity contribution >= 4 is 17.6 Å². The summed E-state index contributed by atoms with van der Waals surface area (Å²) in [5, 5.41) is 42.9. The highest BCUT2D eigenvalue weighted by molar-refractivity contribution is 6.22. The van der Waals surface area contributed by atoms with Crippen molar-refractivity contribution in [1.29, 1.82) is 0 Å². The maximum Gasteiger partial charge on any atom is 0.334 e. The first-order valence-electron chi connectivity index (χ1n) is 10.0. The van der Waals surface area contributed by atoms with Crippen molar-refractivity contribution < 1.29 is 34.7 Å². The van der Waals surface area contributed by atoms with E-state index >= 15 is 0 Å². The lowest BCUT2D eigenvalue weighted by atomic mass is 9.44. The second-order valence-electron chi connectivity index (χ2n) is 9.56. The van der Waals surface area contributed by atoms with Crippen LogP contribution < -0.4 is 0 Å². The standard InChI is InChI=1S/C20H27ClO7/c1-9(7-22)19(26)13(21)14-20(28-14)17(2)5-3-10-11(8-27-15(10)23)12(17)4-6-18(20,25)16(19)24/h9,12-14,16,22,24-26H,3-8H2,1-2H3/t9?,12-,13+,14-,16-,17-,18+,19-,20+/m0/s1. The van der Waals surface area contributed by atoms with E-state index in [-0.39, 0.29) is 31.5 Å². The molecule has 28 heavy (non-hydrogen) atoms. The van der Waals surface area contributed by atoms with Crippen LogP contribution in [-0.4, -0.2) is 74.0 Å². The molecule has 8 heteroatoms. The summed E-state index contributed by atoms with van der Waals surface area (Å²) in [5.41, 5.74) is -3.48. The van der Waals surface area contributed by atoms with Crippen LogP contribution in [0, 0.1) is 17.3 Å². The Kier molecular flexibility index (Phi) is 3.79. The molecule has 0 aromatic carbocycles. The second-order valence-corrected chi connectivity index (χ2v) is 10.0. The first kappa shape index (κ1) is 19.3. The summed E-state index contributed by atoms with van der Waals surface area (Å²) in [7, 11) is 0. The third kappa shape index (κ3) is 1.79. The second kappa shape index (κ2) is 5.50. The molecule has 2 aliphatic heterocycles. The van der Waals surface area contributed by atoms with Crippen LogP contribution in [0.3, 0.4) is 0 Å². The van der Waals surface area contributed by atoms with Crippen LogP contribution in [0.4, 0.5) is 0 Å².